The number of furan rings is 1. The standard InChI is InChI=1S/C44H28O/c1-3-12-29(13-4-1)31-22-24-32(25-23-31)42-35-16-7-9-18-37(35)43(38-19-10-8-17-36(38)42)40-21-11-20-39-34-27-26-33(28-41(34)45-44(39)40)30-14-5-2-6-15-30/h1-28H/i1D,2D,3D,4D,5D,6D,7D,8D,9D,10D,11D,12D,13D,14D,15D,16D,17D,18D,19D,20D,21D,22D,23D,24D,25D,26D,27D,28D. The summed E-state index contributed by atoms with van der Waals surface area (Å²) in [6.07, 6.45) is 0. The summed E-state index contributed by atoms with van der Waals surface area (Å²) in [6, 6.07) is -26.4. The Morgan fingerprint density at radius 1 is 0.333 bits per heavy atom. The van der Waals surface area contributed by atoms with Gasteiger partial charge in [0.2, 0.25) is 0 Å². The van der Waals surface area contributed by atoms with Crippen LogP contribution in [0.5, 0.6) is 0 Å². The second kappa shape index (κ2) is 10.4. The Labute approximate surface area is 301 Å². The average molecular weight is 601 g/mol. The van der Waals surface area contributed by atoms with E-state index >= 15 is 0 Å². The van der Waals surface area contributed by atoms with Crippen LogP contribution in [0.2, 0.25) is 0 Å². The van der Waals surface area contributed by atoms with E-state index in [1.807, 2.05) is 0 Å². The fraction of sp³-hybridized carbons (Fsp3) is 0. The molecule has 0 radical (unpaired) electrons. The first-order valence-electron chi connectivity index (χ1n) is 27.2. The molecule has 0 unspecified atom stereocenters. The number of fused-ring (bicyclic) bond motifs is 5. The Bertz CT molecular complexity index is 3950. The van der Waals surface area contributed by atoms with E-state index in [1.54, 1.807) is 0 Å². The highest BCUT2D eigenvalue weighted by molar-refractivity contribution is 6.24. The van der Waals surface area contributed by atoms with Gasteiger partial charge in [0.05, 0.1) is 38.4 Å². The first-order valence-corrected chi connectivity index (χ1v) is 13.2. The highest BCUT2D eigenvalue weighted by atomic mass is 16.3. The van der Waals surface area contributed by atoms with E-state index in [4.69, 9.17) is 27.7 Å². The van der Waals surface area contributed by atoms with Crippen LogP contribution in [0.4, 0.5) is 0 Å². The quantitative estimate of drug-likeness (QED) is 0.183. The van der Waals surface area contributed by atoms with Crippen molar-refractivity contribution in [1.82, 2.24) is 0 Å². The van der Waals surface area contributed by atoms with Crippen LogP contribution in [-0.2, 0) is 0 Å². The molecule has 45 heavy (non-hydrogen) atoms. The van der Waals surface area contributed by atoms with E-state index in [1.165, 1.54) is 0 Å². The number of benzene rings is 8. The molecule has 9 aromatic rings. The molecule has 1 aromatic heterocycles. The predicted octanol–water partition coefficient (Wildman–Crippen LogP) is 12.6. The molecule has 0 saturated heterocycles. The maximum atomic E-state index is 9.43. The van der Waals surface area contributed by atoms with E-state index < -0.39 is 257 Å². The van der Waals surface area contributed by atoms with Crippen molar-refractivity contribution >= 4 is 43.5 Å². The fourth-order valence-corrected chi connectivity index (χ4v) is 5.16. The molecule has 1 heterocycles. The van der Waals surface area contributed by atoms with Crippen LogP contribution < -0.4 is 0 Å². The minimum absolute atomic E-state index is 0.544. The van der Waals surface area contributed by atoms with Crippen LogP contribution in [0.15, 0.2) is 174 Å². The minimum Gasteiger partial charge on any atom is -0.455 e. The summed E-state index contributed by atoms with van der Waals surface area (Å²) in [5.41, 5.74) is -7.38. The normalized spacial score (nSPS) is 20.3. The molecule has 0 aliphatic carbocycles. The third-order valence-electron chi connectivity index (χ3n) is 7.06. The average Bonchev–Trinajstić information content (AvgIpc) is 3.76. The second-order valence-electron chi connectivity index (χ2n) is 9.51. The molecular formula is C44H28O. The third-order valence-corrected chi connectivity index (χ3v) is 7.06. The molecule has 0 N–H and O–H groups in total. The summed E-state index contributed by atoms with van der Waals surface area (Å²) in [4.78, 5) is 0. The van der Waals surface area contributed by atoms with Crippen molar-refractivity contribution in [3.8, 4) is 44.5 Å². The molecule has 210 valence electrons. The maximum absolute atomic E-state index is 9.43. The van der Waals surface area contributed by atoms with Crippen molar-refractivity contribution in [3.63, 3.8) is 0 Å². The van der Waals surface area contributed by atoms with Crippen LogP contribution in [0.25, 0.3) is 88.0 Å². The van der Waals surface area contributed by atoms with Gasteiger partial charge in [-0.2, -0.15) is 0 Å². The van der Waals surface area contributed by atoms with Crippen LogP contribution in [0.3, 0.4) is 0 Å². The van der Waals surface area contributed by atoms with Gasteiger partial charge < -0.3 is 4.42 Å². The SMILES string of the molecule is [2H]c1c([2H])c([2H])c(-c2c([2H])c([2H])c(-c3c4c([2H])c([2H])c([2H])c([2H])c4c(-c4c([2H])c([2H])c([2H])c5c4oc4c([2H])c(-c6c([2H])c([2H])c([2H])c([2H])c6[2H])c([2H])c([2H])c45)c4c([2H])c([2H])c([2H])c([2H])c34)c([2H])c2[2H])c([2H])c1[2H]. The van der Waals surface area contributed by atoms with Crippen molar-refractivity contribution in [2.75, 3.05) is 0 Å². The van der Waals surface area contributed by atoms with Gasteiger partial charge in [-0.15, -0.1) is 0 Å². The summed E-state index contributed by atoms with van der Waals surface area (Å²) in [6.45, 7) is 0. The lowest BCUT2D eigenvalue weighted by molar-refractivity contribution is 0.670. The number of rotatable bonds is 4. The Morgan fingerprint density at radius 2 is 0.800 bits per heavy atom. The molecule has 8 aromatic carbocycles. The van der Waals surface area contributed by atoms with E-state index in [9.17, 15) is 15.1 Å². The zero-order chi connectivity index (χ0) is 54.1. The second-order valence-corrected chi connectivity index (χ2v) is 9.51. The smallest absolute Gasteiger partial charge is 0.143 e. The van der Waals surface area contributed by atoms with Crippen molar-refractivity contribution in [1.29, 1.82) is 0 Å². The van der Waals surface area contributed by atoms with Crippen molar-refractivity contribution in [2.24, 2.45) is 0 Å². The molecule has 0 spiro atoms. The summed E-state index contributed by atoms with van der Waals surface area (Å²) < 4.78 is 255. The molecule has 1 heteroatoms. The Hall–Kier alpha value is -5.92. The maximum Gasteiger partial charge on any atom is 0.143 e. The largest absolute Gasteiger partial charge is 0.455 e. The summed E-state index contributed by atoms with van der Waals surface area (Å²) in [7, 11) is 0. The third kappa shape index (κ3) is 4.17. The van der Waals surface area contributed by atoms with Crippen molar-refractivity contribution < 1.29 is 42.8 Å². The Morgan fingerprint density at radius 3 is 1.42 bits per heavy atom. The zero-order valence-corrected chi connectivity index (χ0v) is 22.4. The first-order chi connectivity index (χ1) is 34.0. The van der Waals surface area contributed by atoms with Crippen molar-refractivity contribution in [3.05, 3.63) is 169 Å². The van der Waals surface area contributed by atoms with Crippen molar-refractivity contribution in [2.45, 2.75) is 0 Å². The summed E-state index contributed by atoms with van der Waals surface area (Å²) >= 11 is 0. The van der Waals surface area contributed by atoms with Crippen LogP contribution >= 0.6 is 0 Å². The van der Waals surface area contributed by atoms with Gasteiger partial charge >= 0.3 is 0 Å². The molecule has 0 fully saturated rings. The number of hydrogen-bond donors (Lipinski definition) is 0. The number of hydrogen-bond acceptors (Lipinski definition) is 1. The first kappa shape index (κ1) is 10.1. The van der Waals surface area contributed by atoms with E-state index in [2.05, 4.69) is 0 Å². The highest BCUT2D eigenvalue weighted by Crippen LogP contribution is 2.46. The summed E-state index contributed by atoms with van der Waals surface area (Å²) in [5, 5.41) is -4.09. The van der Waals surface area contributed by atoms with Crippen LogP contribution in [-0.4, -0.2) is 0 Å². The molecule has 0 aliphatic heterocycles. The topological polar surface area (TPSA) is 13.1 Å². The summed E-state index contributed by atoms with van der Waals surface area (Å²) in [5.74, 6) is 0. The van der Waals surface area contributed by atoms with Gasteiger partial charge in [0.1, 0.15) is 11.2 Å². The molecule has 0 atom stereocenters. The van der Waals surface area contributed by atoms with Gasteiger partial charge in [0, 0.05) is 21.9 Å². The molecule has 0 aliphatic rings. The van der Waals surface area contributed by atoms with Gasteiger partial charge in [-0.05, 0) is 67.0 Å². The van der Waals surface area contributed by atoms with E-state index in [0.717, 1.165) is 0 Å². The molecule has 1 nitrogen and oxygen atoms in total. The van der Waals surface area contributed by atoms with Gasteiger partial charge in [-0.3, -0.25) is 0 Å². The predicted molar refractivity (Wildman–Crippen MR) is 190 cm³/mol. The highest BCUT2D eigenvalue weighted by Gasteiger charge is 2.20. The molecule has 9 rings (SSSR count). The zero-order valence-electron chi connectivity index (χ0n) is 50.4. The van der Waals surface area contributed by atoms with Crippen LogP contribution in [0, 0.1) is 0 Å². The lowest BCUT2D eigenvalue weighted by atomic mass is 9.85. The van der Waals surface area contributed by atoms with Gasteiger partial charge in [-0.1, -0.05) is 157 Å². The lowest BCUT2D eigenvalue weighted by Crippen LogP contribution is -1.91. The molecule has 0 bridgehead atoms. The minimum atomic E-state index is -1.07. The molecule has 0 amide bonds. The fourth-order valence-electron chi connectivity index (χ4n) is 5.16. The van der Waals surface area contributed by atoms with E-state index in [0.29, 0.717) is 0 Å². The molecular weight excluding hydrogens is 544 g/mol. The Kier molecular flexibility index (Phi) is 2.32. The number of para-hydroxylation sites is 1. The monoisotopic (exact) mass is 600 g/mol. The molecule has 0 saturated carbocycles. The van der Waals surface area contributed by atoms with Gasteiger partial charge in [0.25, 0.3) is 0 Å². The van der Waals surface area contributed by atoms with E-state index in [-0.39, 0.29) is 0 Å². The lowest BCUT2D eigenvalue weighted by Gasteiger charge is -2.18. The Balaban J connectivity index is 1.56. The van der Waals surface area contributed by atoms with Gasteiger partial charge in [0.15, 0.2) is 0 Å². The van der Waals surface area contributed by atoms with Gasteiger partial charge in [-0.25, -0.2) is 0 Å². The van der Waals surface area contributed by atoms with Crippen LogP contribution in [0.1, 0.15) is 38.4 Å².